The Hall–Kier alpha value is -2.62. The number of amides is 1. The highest BCUT2D eigenvalue weighted by Crippen LogP contribution is 2.07. The van der Waals surface area contributed by atoms with Crippen LogP contribution in [0.15, 0.2) is 48.5 Å². The normalized spacial score (nSPS) is 10.4. The zero-order chi connectivity index (χ0) is 18.8. The van der Waals surface area contributed by atoms with Crippen molar-refractivity contribution in [1.82, 2.24) is 5.32 Å². The van der Waals surface area contributed by atoms with Crippen LogP contribution in [0.1, 0.15) is 35.1 Å². The predicted molar refractivity (Wildman–Crippen MR) is 103 cm³/mol. The number of rotatable bonds is 9. The minimum absolute atomic E-state index is 0.0265. The lowest BCUT2D eigenvalue weighted by molar-refractivity contribution is -0.143. The summed E-state index contributed by atoms with van der Waals surface area (Å²) in [6, 6.07) is 16.3. The molecule has 2 rings (SSSR count). The molecule has 0 aliphatic heterocycles. The zero-order valence-corrected chi connectivity index (χ0v) is 15.6. The molecular weight excluding hydrogens is 326 g/mol. The van der Waals surface area contributed by atoms with E-state index in [1.165, 1.54) is 11.1 Å². The topological polar surface area (TPSA) is 55.4 Å². The van der Waals surface area contributed by atoms with E-state index in [1.54, 1.807) is 0 Å². The van der Waals surface area contributed by atoms with Gasteiger partial charge in [0.2, 0.25) is 5.91 Å². The van der Waals surface area contributed by atoms with Crippen molar-refractivity contribution in [3.8, 4) is 0 Å². The van der Waals surface area contributed by atoms with E-state index < -0.39 is 0 Å². The van der Waals surface area contributed by atoms with Gasteiger partial charge in [-0.2, -0.15) is 0 Å². The smallest absolute Gasteiger partial charge is 0.306 e. The van der Waals surface area contributed by atoms with Crippen LogP contribution in [0, 0.1) is 13.8 Å². The molecule has 0 heterocycles. The molecule has 0 atom stereocenters. The van der Waals surface area contributed by atoms with Crippen molar-refractivity contribution in [3.05, 3.63) is 70.8 Å². The van der Waals surface area contributed by atoms with Gasteiger partial charge in [0.15, 0.2) is 0 Å². The first-order chi connectivity index (χ1) is 12.5. The van der Waals surface area contributed by atoms with Crippen LogP contribution in [0.2, 0.25) is 0 Å². The van der Waals surface area contributed by atoms with Gasteiger partial charge in [0.05, 0.1) is 6.54 Å². The molecule has 0 fully saturated rings. The predicted octanol–water partition coefficient (Wildman–Crippen LogP) is 3.53. The molecule has 0 radical (unpaired) electrons. The van der Waals surface area contributed by atoms with Crippen molar-refractivity contribution in [2.45, 2.75) is 39.5 Å². The summed E-state index contributed by atoms with van der Waals surface area (Å²) < 4.78 is 5.17. The van der Waals surface area contributed by atoms with E-state index in [1.807, 2.05) is 56.3 Å². The lowest BCUT2D eigenvalue weighted by atomic mass is 10.1. The number of hydrogen-bond donors (Lipinski definition) is 1. The van der Waals surface area contributed by atoms with Gasteiger partial charge in [-0.3, -0.25) is 9.59 Å². The molecule has 1 N–H and O–H groups in total. The summed E-state index contributed by atoms with van der Waals surface area (Å²) in [5, 5.41) is 2.78. The van der Waals surface area contributed by atoms with Crippen molar-refractivity contribution < 1.29 is 14.3 Å². The number of carbonyl (C=O) groups is 2. The Morgan fingerprint density at radius 1 is 0.885 bits per heavy atom. The first kappa shape index (κ1) is 19.7. The number of hydrogen-bond acceptors (Lipinski definition) is 3. The third-order valence-corrected chi connectivity index (χ3v) is 4.15. The van der Waals surface area contributed by atoms with Crippen LogP contribution in [0.25, 0.3) is 0 Å². The molecule has 0 saturated carbocycles. The Labute approximate surface area is 155 Å². The second-order valence-corrected chi connectivity index (χ2v) is 6.55. The Kier molecular flexibility index (Phi) is 7.87. The van der Waals surface area contributed by atoms with E-state index in [0.29, 0.717) is 32.2 Å². The summed E-state index contributed by atoms with van der Waals surface area (Å²) in [5.41, 5.74) is 4.67. The van der Waals surface area contributed by atoms with Crippen molar-refractivity contribution in [2.24, 2.45) is 0 Å². The monoisotopic (exact) mass is 353 g/mol. The molecule has 26 heavy (non-hydrogen) atoms. The fourth-order valence-electron chi connectivity index (χ4n) is 2.64. The Bertz CT molecular complexity index is 722. The molecule has 0 aliphatic rings. The molecule has 0 aliphatic carbocycles. The van der Waals surface area contributed by atoms with Gasteiger partial charge in [0.1, 0.15) is 6.61 Å². The van der Waals surface area contributed by atoms with Crippen molar-refractivity contribution in [2.75, 3.05) is 13.2 Å². The average molecular weight is 353 g/mol. The molecule has 0 spiro atoms. The summed E-state index contributed by atoms with van der Waals surface area (Å²) in [7, 11) is 0. The minimum Gasteiger partial charge on any atom is -0.464 e. The maximum atomic E-state index is 11.8. The maximum Gasteiger partial charge on any atom is 0.306 e. The number of benzene rings is 2. The molecule has 2 aromatic carbocycles. The van der Waals surface area contributed by atoms with Crippen molar-refractivity contribution in [3.63, 3.8) is 0 Å². The molecule has 0 aromatic heterocycles. The minimum atomic E-state index is -0.236. The number of aryl methyl sites for hydroxylation is 4. The van der Waals surface area contributed by atoms with Crippen molar-refractivity contribution in [1.29, 1.82) is 0 Å². The van der Waals surface area contributed by atoms with E-state index in [9.17, 15) is 9.59 Å². The summed E-state index contributed by atoms with van der Waals surface area (Å²) >= 11 is 0. The highest BCUT2D eigenvalue weighted by atomic mass is 16.5. The van der Waals surface area contributed by atoms with Crippen LogP contribution < -0.4 is 5.32 Å². The van der Waals surface area contributed by atoms with Gasteiger partial charge in [0.25, 0.3) is 0 Å². The molecule has 1 amide bonds. The van der Waals surface area contributed by atoms with Crippen LogP contribution in [-0.2, 0) is 27.2 Å². The van der Waals surface area contributed by atoms with E-state index in [2.05, 4.69) is 11.4 Å². The lowest BCUT2D eigenvalue weighted by Gasteiger charge is -2.07. The molecule has 2 aromatic rings. The van der Waals surface area contributed by atoms with Gasteiger partial charge in [-0.15, -0.1) is 0 Å². The number of esters is 1. The molecule has 0 unspecified atom stereocenters. The molecule has 0 bridgehead atoms. The molecule has 138 valence electrons. The van der Waals surface area contributed by atoms with E-state index >= 15 is 0 Å². The summed E-state index contributed by atoms with van der Waals surface area (Å²) in [4.78, 5) is 23.6. The SMILES string of the molecule is Cc1ccc(CCC(=O)NCCOC(=O)CCc2cccc(C)c2)cc1. The van der Waals surface area contributed by atoms with E-state index in [4.69, 9.17) is 4.74 Å². The highest BCUT2D eigenvalue weighted by molar-refractivity contribution is 5.76. The maximum absolute atomic E-state index is 11.8. The van der Waals surface area contributed by atoms with Gasteiger partial charge >= 0.3 is 5.97 Å². The summed E-state index contributed by atoms with van der Waals surface area (Å²) in [5.74, 6) is -0.262. The third-order valence-electron chi connectivity index (χ3n) is 4.15. The van der Waals surface area contributed by atoms with Gasteiger partial charge in [-0.05, 0) is 37.8 Å². The van der Waals surface area contributed by atoms with E-state index in [0.717, 1.165) is 11.1 Å². The summed E-state index contributed by atoms with van der Waals surface area (Å²) in [6.45, 7) is 4.63. The zero-order valence-electron chi connectivity index (χ0n) is 15.6. The Morgan fingerprint density at radius 3 is 2.35 bits per heavy atom. The van der Waals surface area contributed by atoms with Crippen LogP contribution >= 0.6 is 0 Å². The second kappa shape index (κ2) is 10.4. The van der Waals surface area contributed by atoms with Gasteiger partial charge < -0.3 is 10.1 Å². The van der Waals surface area contributed by atoms with Crippen LogP contribution in [0.5, 0.6) is 0 Å². The first-order valence-electron chi connectivity index (χ1n) is 9.06. The van der Waals surface area contributed by atoms with Gasteiger partial charge in [0, 0.05) is 12.8 Å². The van der Waals surface area contributed by atoms with E-state index in [-0.39, 0.29) is 18.5 Å². The standard InChI is InChI=1S/C22H27NO3/c1-17-6-8-19(9-7-17)10-12-21(24)23-14-15-26-22(25)13-11-20-5-3-4-18(2)16-20/h3-9,16H,10-15H2,1-2H3,(H,23,24). The quantitative estimate of drug-likeness (QED) is 0.554. The Balaban J connectivity index is 1.55. The largest absolute Gasteiger partial charge is 0.464 e. The number of ether oxygens (including phenoxy) is 1. The van der Waals surface area contributed by atoms with Gasteiger partial charge in [-0.1, -0.05) is 59.7 Å². The highest BCUT2D eigenvalue weighted by Gasteiger charge is 2.05. The number of nitrogens with one attached hydrogen (secondary N) is 1. The average Bonchev–Trinajstić information content (AvgIpc) is 2.63. The molecular formula is C22H27NO3. The van der Waals surface area contributed by atoms with Crippen molar-refractivity contribution >= 4 is 11.9 Å². The summed E-state index contributed by atoms with van der Waals surface area (Å²) in [6.07, 6.45) is 2.17. The molecule has 0 saturated heterocycles. The van der Waals surface area contributed by atoms with Crippen LogP contribution in [-0.4, -0.2) is 25.0 Å². The number of carbonyl (C=O) groups excluding carboxylic acids is 2. The fraction of sp³-hybridized carbons (Fsp3) is 0.364. The molecule has 4 heteroatoms. The lowest BCUT2D eigenvalue weighted by Crippen LogP contribution is -2.28. The first-order valence-corrected chi connectivity index (χ1v) is 9.06. The van der Waals surface area contributed by atoms with Gasteiger partial charge in [-0.25, -0.2) is 0 Å². The van der Waals surface area contributed by atoms with Crippen LogP contribution in [0.4, 0.5) is 0 Å². The van der Waals surface area contributed by atoms with Crippen LogP contribution in [0.3, 0.4) is 0 Å². The third kappa shape index (κ3) is 7.51. The fourth-order valence-corrected chi connectivity index (χ4v) is 2.64. The molecule has 4 nitrogen and oxygen atoms in total. The second-order valence-electron chi connectivity index (χ2n) is 6.55. The Morgan fingerprint density at radius 2 is 1.62 bits per heavy atom.